The van der Waals surface area contributed by atoms with Gasteiger partial charge in [-0.2, -0.15) is 0 Å². The van der Waals surface area contributed by atoms with Crippen LogP contribution in [0.25, 0.3) is 11.1 Å². The Morgan fingerprint density at radius 3 is 2.51 bits per heavy atom. The van der Waals surface area contributed by atoms with E-state index >= 15 is 0 Å². The second-order valence-electron chi connectivity index (χ2n) is 9.04. The molecule has 1 fully saturated rings. The van der Waals surface area contributed by atoms with E-state index in [0.29, 0.717) is 30.0 Å². The predicted octanol–water partition coefficient (Wildman–Crippen LogP) is 4.91. The number of carbonyl (C=O) groups is 2. The van der Waals surface area contributed by atoms with Crippen LogP contribution in [-0.2, 0) is 10.2 Å². The second kappa shape index (κ2) is 9.43. The zero-order valence-electron chi connectivity index (χ0n) is 19.6. The fourth-order valence-electron chi connectivity index (χ4n) is 4.41. The smallest absolute Gasteiger partial charge is 0.251 e. The lowest BCUT2D eigenvalue weighted by Crippen LogP contribution is -2.27. The Kier molecular flexibility index (Phi) is 6.17. The fourth-order valence-corrected chi connectivity index (χ4v) is 4.41. The van der Waals surface area contributed by atoms with E-state index in [-0.39, 0.29) is 29.5 Å². The molecule has 3 aromatic carbocycles. The maximum atomic E-state index is 13.3. The monoisotopic (exact) mass is 478 g/mol. The summed E-state index contributed by atoms with van der Waals surface area (Å²) >= 11 is 0. The normalized spacial score (nSPS) is 14.9. The summed E-state index contributed by atoms with van der Waals surface area (Å²) in [6, 6.07) is 19.0. The summed E-state index contributed by atoms with van der Waals surface area (Å²) in [6.07, 6.45) is 2.11. The minimum Gasteiger partial charge on any atom is -0.454 e. The van der Waals surface area contributed by atoms with Gasteiger partial charge in [-0.3, -0.25) is 9.59 Å². The van der Waals surface area contributed by atoms with Gasteiger partial charge in [-0.1, -0.05) is 24.3 Å². The Hall–Kier alpha value is -3.84. The van der Waals surface area contributed by atoms with Crippen LogP contribution in [0.3, 0.4) is 0 Å². The lowest BCUT2D eigenvalue weighted by atomic mass is 9.94. The Bertz CT molecular complexity index is 1280. The number of anilines is 1. The Morgan fingerprint density at radius 2 is 1.77 bits per heavy atom. The first-order valence-corrected chi connectivity index (χ1v) is 11.8. The standard InChI is InChI=1S/C28H28N2O5.3H2/c1-18-3-9-22(16-23(18)19-4-6-20(7-5-19)26(32)29-13-2-14-31)30-27(33)28(11-12-28)21-8-10-24-25(15-21)35-17-34-24;;;/h3-10,15-16,31H,2,11-14,17H2,1H3,(H,29,32)(H,30,33);3*1H. The molecule has 2 amide bonds. The number of hydrogen-bond donors (Lipinski definition) is 3. The maximum Gasteiger partial charge on any atom is 0.251 e. The third-order valence-electron chi connectivity index (χ3n) is 6.68. The molecule has 0 radical (unpaired) electrons. The molecule has 0 saturated heterocycles. The van der Waals surface area contributed by atoms with Gasteiger partial charge in [0.25, 0.3) is 5.91 Å². The molecule has 2 aliphatic rings. The highest BCUT2D eigenvalue weighted by atomic mass is 16.7. The van der Waals surface area contributed by atoms with E-state index in [1.807, 2.05) is 55.5 Å². The summed E-state index contributed by atoms with van der Waals surface area (Å²) in [4.78, 5) is 25.5. The molecule has 0 atom stereocenters. The van der Waals surface area contributed by atoms with Crippen molar-refractivity contribution in [1.29, 1.82) is 0 Å². The average molecular weight is 479 g/mol. The number of fused-ring (bicyclic) bond motifs is 1. The van der Waals surface area contributed by atoms with Gasteiger partial charge in [0.1, 0.15) is 0 Å². The number of rotatable bonds is 8. The molecule has 5 rings (SSSR count). The molecular weight excluding hydrogens is 444 g/mol. The van der Waals surface area contributed by atoms with Gasteiger partial charge >= 0.3 is 0 Å². The zero-order valence-corrected chi connectivity index (χ0v) is 19.6. The first kappa shape index (κ1) is 22.9. The molecule has 35 heavy (non-hydrogen) atoms. The molecule has 3 aromatic rings. The SMILES string of the molecule is Cc1ccc(NC(=O)C2(c3ccc4c(c3)OCO4)CC2)cc1-c1ccc(C(=O)NCCCO)cc1.[HH].[HH].[HH]. The lowest BCUT2D eigenvalue weighted by Gasteiger charge is -2.17. The third kappa shape index (κ3) is 4.59. The highest BCUT2D eigenvalue weighted by molar-refractivity contribution is 6.02. The Balaban J connectivity index is 0.00000169. The second-order valence-corrected chi connectivity index (χ2v) is 9.04. The molecule has 1 saturated carbocycles. The largest absolute Gasteiger partial charge is 0.454 e. The van der Waals surface area contributed by atoms with Crippen LogP contribution in [0.1, 0.15) is 45.0 Å². The number of nitrogens with one attached hydrogen (secondary N) is 2. The van der Waals surface area contributed by atoms with Gasteiger partial charge in [0.05, 0.1) is 5.41 Å². The number of aryl methyl sites for hydroxylation is 1. The average Bonchev–Trinajstić information content (AvgIpc) is 3.56. The summed E-state index contributed by atoms with van der Waals surface area (Å²) in [7, 11) is 0. The molecule has 0 spiro atoms. The number of hydrogen-bond acceptors (Lipinski definition) is 5. The number of amides is 2. The minimum absolute atomic E-state index is 0. The van der Waals surface area contributed by atoms with Crippen molar-refractivity contribution < 1.29 is 28.4 Å². The van der Waals surface area contributed by atoms with Gasteiger partial charge in [-0.05, 0) is 84.8 Å². The van der Waals surface area contributed by atoms with Crippen molar-refractivity contribution in [2.45, 2.75) is 31.6 Å². The van der Waals surface area contributed by atoms with Gasteiger partial charge in [0.2, 0.25) is 12.7 Å². The molecule has 0 aromatic heterocycles. The first-order valence-electron chi connectivity index (χ1n) is 11.8. The van der Waals surface area contributed by atoms with Gasteiger partial charge < -0.3 is 25.2 Å². The van der Waals surface area contributed by atoms with Crippen LogP contribution in [-0.4, -0.2) is 36.9 Å². The summed E-state index contributed by atoms with van der Waals surface area (Å²) < 4.78 is 10.9. The van der Waals surface area contributed by atoms with Crippen molar-refractivity contribution in [3.8, 4) is 22.6 Å². The maximum absolute atomic E-state index is 13.3. The van der Waals surface area contributed by atoms with Crippen molar-refractivity contribution in [3.63, 3.8) is 0 Å². The number of aliphatic hydroxyl groups excluding tert-OH is 1. The lowest BCUT2D eigenvalue weighted by molar-refractivity contribution is -0.118. The van der Waals surface area contributed by atoms with E-state index in [0.717, 1.165) is 40.8 Å². The first-order chi connectivity index (χ1) is 17.0. The topological polar surface area (TPSA) is 96.9 Å². The van der Waals surface area contributed by atoms with Crippen LogP contribution in [0.2, 0.25) is 0 Å². The summed E-state index contributed by atoms with van der Waals surface area (Å²) in [5.41, 5.74) is 4.71. The van der Waals surface area contributed by atoms with Crippen LogP contribution in [0.5, 0.6) is 11.5 Å². The molecule has 7 heteroatoms. The summed E-state index contributed by atoms with van der Waals surface area (Å²) in [5.74, 6) is 1.20. The van der Waals surface area contributed by atoms with Crippen molar-refractivity contribution in [3.05, 3.63) is 77.4 Å². The van der Waals surface area contributed by atoms with Crippen LogP contribution in [0.4, 0.5) is 5.69 Å². The molecule has 0 unspecified atom stereocenters. The number of aliphatic hydroxyl groups is 1. The molecular formula is C28H34N2O5. The van der Waals surface area contributed by atoms with Crippen LogP contribution in [0.15, 0.2) is 60.7 Å². The highest BCUT2D eigenvalue weighted by Gasteiger charge is 2.51. The van der Waals surface area contributed by atoms with E-state index in [1.165, 1.54) is 0 Å². The van der Waals surface area contributed by atoms with Gasteiger partial charge in [-0.25, -0.2) is 0 Å². The number of carbonyl (C=O) groups excluding carboxylic acids is 2. The molecule has 1 heterocycles. The summed E-state index contributed by atoms with van der Waals surface area (Å²) in [5, 5.41) is 14.8. The molecule has 1 aliphatic heterocycles. The quantitative estimate of drug-likeness (QED) is 0.400. The van der Waals surface area contributed by atoms with Gasteiger partial charge in [-0.15, -0.1) is 0 Å². The van der Waals surface area contributed by atoms with Crippen molar-refractivity contribution >= 4 is 17.5 Å². The predicted molar refractivity (Wildman–Crippen MR) is 139 cm³/mol. The molecule has 3 N–H and O–H groups in total. The highest BCUT2D eigenvalue weighted by Crippen LogP contribution is 2.51. The van der Waals surface area contributed by atoms with E-state index in [2.05, 4.69) is 10.6 Å². The van der Waals surface area contributed by atoms with Crippen LogP contribution < -0.4 is 20.1 Å². The molecule has 0 bridgehead atoms. The van der Waals surface area contributed by atoms with Crippen LogP contribution >= 0.6 is 0 Å². The molecule has 7 nitrogen and oxygen atoms in total. The van der Waals surface area contributed by atoms with E-state index in [4.69, 9.17) is 14.6 Å². The molecule has 1 aliphatic carbocycles. The van der Waals surface area contributed by atoms with Crippen molar-refractivity contribution in [1.82, 2.24) is 5.32 Å². The van der Waals surface area contributed by atoms with Crippen molar-refractivity contribution in [2.24, 2.45) is 0 Å². The Labute approximate surface area is 208 Å². The minimum atomic E-state index is -0.545. The van der Waals surface area contributed by atoms with E-state index < -0.39 is 5.41 Å². The zero-order chi connectivity index (χ0) is 24.4. The van der Waals surface area contributed by atoms with Crippen LogP contribution in [0, 0.1) is 6.92 Å². The van der Waals surface area contributed by atoms with Gasteiger partial charge in [0, 0.05) is 28.7 Å². The van der Waals surface area contributed by atoms with Gasteiger partial charge in [0.15, 0.2) is 11.5 Å². The van der Waals surface area contributed by atoms with E-state index in [1.54, 1.807) is 12.1 Å². The molecule has 186 valence electrons. The fraction of sp³-hybridized carbons (Fsp3) is 0.286. The Morgan fingerprint density at radius 1 is 1.00 bits per heavy atom. The summed E-state index contributed by atoms with van der Waals surface area (Å²) in [6.45, 7) is 2.71. The number of ether oxygens (including phenoxy) is 2. The number of benzene rings is 3. The van der Waals surface area contributed by atoms with E-state index in [9.17, 15) is 9.59 Å². The third-order valence-corrected chi connectivity index (χ3v) is 6.68. The van der Waals surface area contributed by atoms with Crippen molar-refractivity contribution in [2.75, 3.05) is 25.3 Å².